The highest BCUT2D eigenvalue weighted by Gasteiger charge is 2.36. The van der Waals surface area contributed by atoms with Crippen LogP contribution in [-0.2, 0) is 19.1 Å². The van der Waals surface area contributed by atoms with Gasteiger partial charge in [0.2, 0.25) is 0 Å². The summed E-state index contributed by atoms with van der Waals surface area (Å²) >= 11 is 0. The number of aliphatic carboxylic acids is 1. The molecule has 1 atom stereocenters. The first-order chi connectivity index (χ1) is 5.21. The van der Waals surface area contributed by atoms with Crippen molar-refractivity contribution in [2.45, 2.75) is 25.9 Å². The zero-order chi connectivity index (χ0) is 9.99. The fourth-order valence-electron chi connectivity index (χ4n) is 0.580. The Balaban J connectivity index is 4.69. The zero-order valence-corrected chi connectivity index (χ0v) is 8.01. The van der Waals surface area contributed by atoms with E-state index in [4.69, 9.17) is 5.11 Å². The van der Waals surface area contributed by atoms with E-state index in [0.717, 1.165) is 6.26 Å². The quantitative estimate of drug-likeness (QED) is 0.650. The molecule has 0 aromatic rings. The second-order valence-corrected chi connectivity index (χ2v) is 4.25. The molecule has 0 saturated heterocycles. The number of carbonyl (C=O) groups is 1. The third-order valence-electron chi connectivity index (χ3n) is 1.46. The van der Waals surface area contributed by atoms with Gasteiger partial charge in [-0.3, -0.25) is 4.18 Å². The summed E-state index contributed by atoms with van der Waals surface area (Å²) in [5, 5.41) is 8.61. The van der Waals surface area contributed by atoms with Crippen LogP contribution >= 0.6 is 0 Å². The molecular formula is C6H12O5S. The molecule has 5 nitrogen and oxygen atoms in total. The normalized spacial score (nSPS) is 16.9. The van der Waals surface area contributed by atoms with E-state index in [1.54, 1.807) is 6.92 Å². The average molecular weight is 196 g/mol. The molecule has 0 heterocycles. The van der Waals surface area contributed by atoms with Crippen molar-refractivity contribution in [3.05, 3.63) is 0 Å². The van der Waals surface area contributed by atoms with E-state index < -0.39 is 21.7 Å². The fourth-order valence-corrected chi connectivity index (χ4v) is 1.44. The van der Waals surface area contributed by atoms with E-state index in [1.807, 2.05) is 0 Å². The predicted molar refractivity (Wildman–Crippen MR) is 42.3 cm³/mol. The molecule has 0 fully saturated rings. The Morgan fingerprint density at radius 3 is 2.08 bits per heavy atom. The number of hydrogen-bond donors (Lipinski definition) is 1. The van der Waals surface area contributed by atoms with Crippen LogP contribution in [0.4, 0.5) is 0 Å². The molecule has 0 amide bonds. The van der Waals surface area contributed by atoms with Crippen molar-refractivity contribution in [3.8, 4) is 0 Å². The van der Waals surface area contributed by atoms with Crippen LogP contribution in [0.1, 0.15) is 20.3 Å². The molecule has 0 rings (SSSR count). The molecule has 1 N–H and O–H groups in total. The van der Waals surface area contributed by atoms with Gasteiger partial charge < -0.3 is 5.11 Å². The van der Waals surface area contributed by atoms with E-state index in [9.17, 15) is 13.2 Å². The summed E-state index contributed by atoms with van der Waals surface area (Å²) in [6, 6.07) is 0. The molecule has 0 aliphatic heterocycles. The number of rotatable bonds is 4. The molecule has 0 spiro atoms. The van der Waals surface area contributed by atoms with Gasteiger partial charge in [-0.2, -0.15) is 8.42 Å². The first-order valence-corrected chi connectivity index (χ1v) is 5.17. The van der Waals surface area contributed by atoms with Gasteiger partial charge in [-0.25, -0.2) is 4.79 Å². The van der Waals surface area contributed by atoms with Crippen molar-refractivity contribution in [2.75, 3.05) is 6.26 Å². The molecule has 0 saturated carbocycles. The van der Waals surface area contributed by atoms with Crippen molar-refractivity contribution >= 4 is 16.1 Å². The van der Waals surface area contributed by atoms with Crippen LogP contribution in [0.15, 0.2) is 0 Å². The molecule has 0 aromatic heterocycles. The second kappa shape index (κ2) is 3.40. The van der Waals surface area contributed by atoms with Crippen LogP contribution in [0.2, 0.25) is 0 Å². The maximum atomic E-state index is 10.6. The minimum atomic E-state index is -3.72. The van der Waals surface area contributed by atoms with Gasteiger partial charge in [0.05, 0.1) is 6.26 Å². The van der Waals surface area contributed by atoms with Gasteiger partial charge in [0.1, 0.15) is 0 Å². The van der Waals surface area contributed by atoms with E-state index in [1.165, 1.54) is 6.92 Å². The Bertz CT molecular complexity index is 268. The van der Waals surface area contributed by atoms with Crippen LogP contribution in [0.25, 0.3) is 0 Å². The lowest BCUT2D eigenvalue weighted by molar-refractivity contribution is -0.153. The minimum absolute atomic E-state index is 0.0927. The smallest absolute Gasteiger partial charge is 0.337 e. The summed E-state index contributed by atoms with van der Waals surface area (Å²) in [7, 11) is -3.72. The standard InChI is InChI=1S/C6H12O5S/c1-4-6(2,5(7)8)11-12(3,9)10/h4H2,1-3H3,(H,7,8). The molecule has 12 heavy (non-hydrogen) atoms. The second-order valence-electron chi connectivity index (χ2n) is 2.68. The SMILES string of the molecule is CCC(C)(OS(C)(=O)=O)C(=O)O. The van der Waals surface area contributed by atoms with Crippen molar-refractivity contribution in [2.24, 2.45) is 0 Å². The van der Waals surface area contributed by atoms with Gasteiger partial charge in [-0.1, -0.05) is 6.92 Å². The Morgan fingerprint density at radius 2 is 2.00 bits per heavy atom. The zero-order valence-electron chi connectivity index (χ0n) is 7.20. The van der Waals surface area contributed by atoms with E-state index in [-0.39, 0.29) is 6.42 Å². The fraction of sp³-hybridized carbons (Fsp3) is 0.833. The maximum Gasteiger partial charge on any atom is 0.337 e. The third-order valence-corrected chi connectivity index (χ3v) is 2.13. The van der Waals surface area contributed by atoms with Gasteiger partial charge in [0.15, 0.2) is 5.60 Å². The van der Waals surface area contributed by atoms with Crippen molar-refractivity contribution in [1.82, 2.24) is 0 Å². The lowest BCUT2D eigenvalue weighted by Crippen LogP contribution is -2.39. The summed E-state index contributed by atoms with van der Waals surface area (Å²) in [5.74, 6) is -1.28. The van der Waals surface area contributed by atoms with Gasteiger partial charge in [-0.15, -0.1) is 0 Å². The molecule has 0 radical (unpaired) electrons. The summed E-state index contributed by atoms with van der Waals surface area (Å²) in [6.45, 7) is 2.76. The summed E-state index contributed by atoms with van der Waals surface area (Å²) in [5.41, 5.74) is -1.65. The molecule has 72 valence electrons. The Morgan fingerprint density at radius 1 is 1.58 bits per heavy atom. The van der Waals surface area contributed by atoms with Gasteiger partial charge in [0, 0.05) is 0 Å². The largest absolute Gasteiger partial charge is 0.479 e. The van der Waals surface area contributed by atoms with Crippen molar-refractivity contribution < 1.29 is 22.5 Å². The summed E-state index contributed by atoms with van der Waals surface area (Å²) in [4.78, 5) is 10.5. The molecule has 0 bridgehead atoms. The van der Waals surface area contributed by atoms with E-state index in [2.05, 4.69) is 4.18 Å². The molecule has 6 heteroatoms. The first kappa shape index (κ1) is 11.4. The number of carboxylic acids is 1. The first-order valence-electron chi connectivity index (χ1n) is 3.35. The Labute approximate surface area is 71.5 Å². The summed E-state index contributed by atoms with van der Waals surface area (Å²) in [6.07, 6.45) is 0.916. The predicted octanol–water partition coefficient (Wildman–Crippen LogP) is 0.216. The minimum Gasteiger partial charge on any atom is -0.479 e. The highest BCUT2D eigenvalue weighted by molar-refractivity contribution is 7.86. The number of carboxylic acid groups (broad SMARTS) is 1. The van der Waals surface area contributed by atoms with E-state index in [0.29, 0.717) is 0 Å². The maximum absolute atomic E-state index is 10.6. The van der Waals surface area contributed by atoms with Crippen molar-refractivity contribution in [3.63, 3.8) is 0 Å². The lowest BCUT2D eigenvalue weighted by atomic mass is 10.1. The lowest BCUT2D eigenvalue weighted by Gasteiger charge is -2.21. The van der Waals surface area contributed by atoms with Crippen LogP contribution < -0.4 is 0 Å². The van der Waals surface area contributed by atoms with Crippen molar-refractivity contribution in [1.29, 1.82) is 0 Å². The van der Waals surface area contributed by atoms with Crippen LogP contribution in [0, 0.1) is 0 Å². The Hall–Kier alpha value is -0.620. The molecular weight excluding hydrogens is 184 g/mol. The van der Waals surface area contributed by atoms with E-state index >= 15 is 0 Å². The van der Waals surface area contributed by atoms with Gasteiger partial charge in [0.25, 0.3) is 10.1 Å². The van der Waals surface area contributed by atoms with Gasteiger partial charge >= 0.3 is 5.97 Å². The van der Waals surface area contributed by atoms with Crippen LogP contribution in [0.3, 0.4) is 0 Å². The topological polar surface area (TPSA) is 80.7 Å². The Kier molecular flexibility index (Phi) is 3.23. The highest BCUT2D eigenvalue weighted by Crippen LogP contribution is 2.17. The molecule has 1 unspecified atom stereocenters. The molecule has 0 aromatic carbocycles. The monoisotopic (exact) mass is 196 g/mol. The number of hydrogen-bond acceptors (Lipinski definition) is 4. The highest BCUT2D eigenvalue weighted by atomic mass is 32.2. The van der Waals surface area contributed by atoms with Crippen LogP contribution in [-0.4, -0.2) is 31.4 Å². The third kappa shape index (κ3) is 3.19. The summed E-state index contributed by atoms with van der Waals surface area (Å²) < 4.78 is 25.7. The molecule has 0 aliphatic carbocycles. The average Bonchev–Trinajstić information content (AvgIpc) is 1.83. The van der Waals surface area contributed by atoms with Crippen LogP contribution in [0.5, 0.6) is 0 Å². The molecule has 0 aliphatic rings. The van der Waals surface area contributed by atoms with Gasteiger partial charge in [-0.05, 0) is 13.3 Å².